The van der Waals surface area contributed by atoms with E-state index in [0.29, 0.717) is 18.0 Å². The maximum atomic E-state index is 14.5. The number of fused-ring (bicyclic) bond motifs is 4. The molecule has 0 bridgehead atoms. The van der Waals surface area contributed by atoms with Gasteiger partial charge in [-0.1, -0.05) is 34.1 Å². The van der Waals surface area contributed by atoms with Crippen molar-refractivity contribution in [2.75, 3.05) is 13.1 Å². The van der Waals surface area contributed by atoms with Crippen molar-refractivity contribution in [3.8, 4) is 5.75 Å². The Morgan fingerprint density at radius 3 is 2.66 bits per heavy atom. The van der Waals surface area contributed by atoms with Gasteiger partial charge in [-0.2, -0.15) is 5.10 Å². The molecule has 2 aromatic rings. The maximum absolute atomic E-state index is 14.5. The van der Waals surface area contributed by atoms with Crippen LogP contribution in [0.25, 0.3) is 0 Å². The molecule has 2 aromatic carbocycles. The SMILES string of the molecule is CC(C)N1CCC2(CC1)Oc1ccc(Br)cc1C1CC(c3ccccc3F)=NN12. The fourth-order valence-electron chi connectivity index (χ4n) is 4.83. The zero-order valence-electron chi connectivity index (χ0n) is 16.7. The van der Waals surface area contributed by atoms with E-state index >= 15 is 0 Å². The average molecular weight is 458 g/mol. The fourth-order valence-corrected chi connectivity index (χ4v) is 5.21. The van der Waals surface area contributed by atoms with E-state index < -0.39 is 5.72 Å². The van der Waals surface area contributed by atoms with Gasteiger partial charge in [-0.25, -0.2) is 9.40 Å². The highest BCUT2D eigenvalue weighted by Gasteiger charge is 2.52. The third kappa shape index (κ3) is 3.17. The molecule has 3 heterocycles. The highest BCUT2D eigenvalue weighted by Crippen LogP contribution is 2.50. The van der Waals surface area contributed by atoms with Crippen molar-refractivity contribution in [1.29, 1.82) is 0 Å². The summed E-state index contributed by atoms with van der Waals surface area (Å²) in [5.74, 6) is 0.711. The molecule has 29 heavy (non-hydrogen) atoms. The summed E-state index contributed by atoms with van der Waals surface area (Å²) >= 11 is 3.59. The predicted octanol–water partition coefficient (Wildman–Crippen LogP) is 5.33. The van der Waals surface area contributed by atoms with E-state index in [9.17, 15) is 4.39 Å². The quantitative estimate of drug-likeness (QED) is 0.609. The summed E-state index contributed by atoms with van der Waals surface area (Å²) in [5.41, 5.74) is 2.04. The summed E-state index contributed by atoms with van der Waals surface area (Å²) in [6.07, 6.45) is 2.44. The van der Waals surface area contributed by atoms with Crippen LogP contribution in [0.4, 0.5) is 4.39 Å². The lowest BCUT2D eigenvalue weighted by atomic mass is 9.90. The van der Waals surface area contributed by atoms with Crippen molar-refractivity contribution in [3.05, 3.63) is 63.9 Å². The van der Waals surface area contributed by atoms with Crippen molar-refractivity contribution in [2.24, 2.45) is 5.10 Å². The number of rotatable bonds is 2. The van der Waals surface area contributed by atoms with E-state index in [4.69, 9.17) is 9.84 Å². The average Bonchev–Trinajstić information content (AvgIpc) is 3.16. The van der Waals surface area contributed by atoms with Gasteiger partial charge in [0.15, 0.2) is 0 Å². The van der Waals surface area contributed by atoms with Crippen LogP contribution in [-0.2, 0) is 0 Å². The van der Waals surface area contributed by atoms with Crippen LogP contribution in [0.1, 0.15) is 50.3 Å². The van der Waals surface area contributed by atoms with E-state index in [2.05, 4.69) is 51.8 Å². The molecular formula is C23H25BrFN3O. The first kappa shape index (κ1) is 19.1. The molecule has 1 atom stereocenters. The van der Waals surface area contributed by atoms with Crippen LogP contribution in [0.5, 0.6) is 5.75 Å². The fraction of sp³-hybridized carbons (Fsp3) is 0.435. The Labute approximate surface area is 179 Å². The van der Waals surface area contributed by atoms with Gasteiger partial charge in [-0.05, 0) is 38.1 Å². The Morgan fingerprint density at radius 1 is 1.17 bits per heavy atom. The number of hydrogen-bond acceptors (Lipinski definition) is 4. The van der Waals surface area contributed by atoms with Crippen molar-refractivity contribution in [3.63, 3.8) is 0 Å². The Bertz CT molecular complexity index is 968. The first-order valence-electron chi connectivity index (χ1n) is 10.3. The van der Waals surface area contributed by atoms with E-state index in [-0.39, 0.29) is 11.9 Å². The number of nitrogens with zero attached hydrogens (tertiary/aromatic N) is 3. The van der Waals surface area contributed by atoms with Gasteiger partial charge < -0.3 is 9.64 Å². The highest BCUT2D eigenvalue weighted by atomic mass is 79.9. The molecule has 0 radical (unpaired) electrons. The minimum Gasteiger partial charge on any atom is -0.466 e. The minimum atomic E-state index is -0.468. The summed E-state index contributed by atoms with van der Waals surface area (Å²) in [4.78, 5) is 2.48. The van der Waals surface area contributed by atoms with Gasteiger partial charge in [0, 0.05) is 54.0 Å². The molecule has 0 amide bonds. The van der Waals surface area contributed by atoms with Crippen LogP contribution in [-0.4, -0.2) is 40.5 Å². The zero-order chi connectivity index (χ0) is 20.2. The van der Waals surface area contributed by atoms with E-state index in [1.54, 1.807) is 6.07 Å². The summed E-state index contributed by atoms with van der Waals surface area (Å²) in [5, 5.41) is 7.11. The second kappa shape index (κ2) is 7.10. The highest BCUT2D eigenvalue weighted by molar-refractivity contribution is 9.10. The van der Waals surface area contributed by atoms with Crippen LogP contribution in [0, 0.1) is 5.82 Å². The molecule has 0 N–H and O–H groups in total. The van der Waals surface area contributed by atoms with Gasteiger partial charge >= 0.3 is 0 Å². The van der Waals surface area contributed by atoms with Crippen molar-refractivity contribution >= 4 is 21.6 Å². The largest absolute Gasteiger partial charge is 0.466 e. The molecule has 0 saturated carbocycles. The molecule has 152 valence electrons. The molecule has 4 nitrogen and oxygen atoms in total. The number of ether oxygens (including phenoxy) is 1. The lowest BCUT2D eigenvalue weighted by Crippen LogP contribution is -2.59. The van der Waals surface area contributed by atoms with E-state index in [1.165, 1.54) is 6.07 Å². The molecule has 1 saturated heterocycles. The number of benzene rings is 2. The topological polar surface area (TPSA) is 28.1 Å². The van der Waals surface area contributed by atoms with Crippen LogP contribution in [0.15, 0.2) is 52.0 Å². The predicted molar refractivity (Wildman–Crippen MR) is 116 cm³/mol. The normalized spacial score (nSPS) is 23.0. The maximum Gasteiger partial charge on any atom is 0.200 e. The molecule has 0 aromatic heterocycles. The van der Waals surface area contributed by atoms with Crippen molar-refractivity contribution < 1.29 is 9.13 Å². The molecule has 3 aliphatic rings. The van der Waals surface area contributed by atoms with Gasteiger partial charge in [0.05, 0.1) is 11.8 Å². The lowest BCUT2D eigenvalue weighted by molar-refractivity contribution is -0.152. The minimum absolute atomic E-state index is 0.0662. The van der Waals surface area contributed by atoms with Crippen LogP contribution >= 0.6 is 15.9 Å². The van der Waals surface area contributed by atoms with Gasteiger partial charge in [0.2, 0.25) is 5.72 Å². The Kier molecular flexibility index (Phi) is 4.67. The summed E-state index contributed by atoms with van der Waals surface area (Å²) in [6.45, 7) is 6.41. The van der Waals surface area contributed by atoms with Gasteiger partial charge in [-0.15, -0.1) is 0 Å². The smallest absolute Gasteiger partial charge is 0.200 e. The summed E-state index contributed by atoms with van der Waals surface area (Å²) in [6, 6.07) is 13.7. The van der Waals surface area contributed by atoms with Crippen molar-refractivity contribution in [2.45, 2.75) is 50.9 Å². The molecule has 1 fully saturated rings. The molecule has 0 aliphatic carbocycles. The van der Waals surface area contributed by atoms with Crippen LogP contribution in [0.2, 0.25) is 0 Å². The monoisotopic (exact) mass is 457 g/mol. The first-order valence-corrected chi connectivity index (χ1v) is 11.1. The van der Waals surface area contributed by atoms with E-state index in [0.717, 1.165) is 47.4 Å². The molecule has 5 rings (SSSR count). The number of piperidine rings is 1. The third-order valence-electron chi connectivity index (χ3n) is 6.45. The van der Waals surface area contributed by atoms with Gasteiger partial charge in [-0.3, -0.25) is 0 Å². The first-order chi connectivity index (χ1) is 14.0. The lowest BCUT2D eigenvalue weighted by Gasteiger charge is -2.51. The van der Waals surface area contributed by atoms with Crippen molar-refractivity contribution in [1.82, 2.24) is 9.91 Å². The molecule has 1 spiro atoms. The second-order valence-electron chi connectivity index (χ2n) is 8.45. The van der Waals surface area contributed by atoms with Crippen LogP contribution < -0.4 is 4.74 Å². The standard InChI is InChI=1S/C23H25BrFN3O/c1-15(2)27-11-9-23(10-12-27)28-21(18-13-16(24)7-8-22(18)29-23)14-20(26-28)17-5-3-4-6-19(17)25/h3-8,13,15,21H,9-12,14H2,1-2H3. The number of hydrazone groups is 1. The molecule has 6 heteroatoms. The molecule has 3 aliphatic heterocycles. The summed E-state index contributed by atoms with van der Waals surface area (Å²) in [7, 11) is 0. The van der Waals surface area contributed by atoms with E-state index in [1.807, 2.05) is 18.2 Å². The molecular weight excluding hydrogens is 433 g/mol. The Balaban J connectivity index is 1.56. The van der Waals surface area contributed by atoms with Crippen LogP contribution in [0.3, 0.4) is 0 Å². The molecule has 1 unspecified atom stereocenters. The number of hydrogen-bond donors (Lipinski definition) is 0. The van der Waals surface area contributed by atoms with Gasteiger partial charge in [0.1, 0.15) is 11.6 Å². The number of halogens is 2. The second-order valence-corrected chi connectivity index (χ2v) is 9.37. The Morgan fingerprint density at radius 2 is 1.93 bits per heavy atom. The third-order valence-corrected chi connectivity index (χ3v) is 6.95. The number of likely N-dealkylation sites (tertiary alicyclic amines) is 1. The Hall–Kier alpha value is -1.92. The summed E-state index contributed by atoms with van der Waals surface area (Å²) < 4.78 is 22.2. The van der Waals surface area contributed by atoms with Gasteiger partial charge in [0.25, 0.3) is 0 Å². The zero-order valence-corrected chi connectivity index (χ0v) is 18.3.